The molecule has 2 N–H and O–H groups in total. The second-order valence-electron chi connectivity index (χ2n) is 8.05. The topological polar surface area (TPSA) is 74.7 Å². The second kappa shape index (κ2) is 10.2. The molecule has 0 bridgehead atoms. The van der Waals surface area contributed by atoms with Crippen molar-refractivity contribution in [1.82, 2.24) is 15.2 Å². The summed E-state index contributed by atoms with van der Waals surface area (Å²) in [5.41, 5.74) is 1.18. The van der Waals surface area contributed by atoms with Crippen molar-refractivity contribution in [3.8, 4) is 0 Å². The Labute approximate surface area is 162 Å². The van der Waals surface area contributed by atoms with Crippen LogP contribution >= 0.6 is 0 Å². The molecule has 0 aromatic carbocycles. The van der Waals surface area contributed by atoms with Gasteiger partial charge < -0.3 is 20.1 Å². The van der Waals surface area contributed by atoms with Crippen LogP contribution < -0.4 is 5.32 Å². The summed E-state index contributed by atoms with van der Waals surface area (Å²) < 4.78 is 6.00. The number of aliphatic hydroxyl groups is 1. The molecule has 1 saturated carbocycles. The molecule has 0 radical (unpaired) electrons. The first kappa shape index (κ1) is 20.2. The lowest BCUT2D eigenvalue weighted by molar-refractivity contribution is -0.159. The molecule has 1 aliphatic heterocycles. The molecular weight excluding hydrogens is 342 g/mol. The van der Waals surface area contributed by atoms with E-state index in [0.29, 0.717) is 6.42 Å². The van der Waals surface area contributed by atoms with E-state index in [4.69, 9.17) is 4.74 Å². The van der Waals surface area contributed by atoms with Crippen molar-refractivity contribution in [2.45, 2.75) is 82.3 Å². The Bertz CT molecular complexity index is 577. The number of aromatic nitrogens is 1. The minimum absolute atomic E-state index is 0.0202. The minimum atomic E-state index is -0.727. The van der Waals surface area contributed by atoms with E-state index >= 15 is 0 Å². The first-order valence-corrected chi connectivity index (χ1v) is 10.3. The predicted octanol–water partition coefficient (Wildman–Crippen LogP) is 2.26. The van der Waals surface area contributed by atoms with E-state index < -0.39 is 12.2 Å². The minimum Gasteiger partial charge on any atom is -0.390 e. The average molecular weight is 376 g/mol. The van der Waals surface area contributed by atoms with Gasteiger partial charge in [0.15, 0.2) is 6.10 Å². The van der Waals surface area contributed by atoms with Crippen molar-refractivity contribution in [2.75, 3.05) is 13.6 Å². The Balaban J connectivity index is 1.44. The molecule has 6 nitrogen and oxygen atoms in total. The van der Waals surface area contributed by atoms with Crippen molar-refractivity contribution in [3.05, 3.63) is 30.1 Å². The van der Waals surface area contributed by atoms with Crippen LogP contribution in [-0.4, -0.2) is 58.8 Å². The summed E-state index contributed by atoms with van der Waals surface area (Å²) >= 11 is 0. The molecule has 0 unspecified atom stereocenters. The number of amides is 1. The largest absolute Gasteiger partial charge is 0.390 e. The molecular formula is C21H33N3O3. The summed E-state index contributed by atoms with van der Waals surface area (Å²) in [5, 5.41) is 13.4. The number of rotatable bonds is 7. The molecule has 27 heavy (non-hydrogen) atoms. The number of hydrogen-bond donors (Lipinski definition) is 2. The molecule has 2 heterocycles. The highest BCUT2D eigenvalue weighted by molar-refractivity contribution is 5.81. The van der Waals surface area contributed by atoms with Gasteiger partial charge in [-0.3, -0.25) is 9.78 Å². The van der Waals surface area contributed by atoms with Gasteiger partial charge in [-0.25, -0.2) is 0 Å². The summed E-state index contributed by atoms with van der Waals surface area (Å²) in [5.74, 6) is -0.136. The monoisotopic (exact) mass is 375 g/mol. The van der Waals surface area contributed by atoms with E-state index in [0.717, 1.165) is 38.8 Å². The maximum absolute atomic E-state index is 12.6. The Morgan fingerprint density at radius 1 is 1.30 bits per heavy atom. The van der Waals surface area contributed by atoms with Gasteiger partial charge in [-0.15, -0.1) is 0 Å². The number of carbonyl (C=O) groups is 1. The van der Waals surface area contributed by atoms with E-state index in [-0.39, 0.29) is 18.1 Å². The first-order valence-electron chi connectivity index (χ1n) is 10.3. The van der Waals surface area contributed by atoms with Crippen LogP contribution in [0.4, 0.5) is 0 Å². The van der Waals surface area contributed by atoms with E-state index in [1.165, 1.54) is 24.8 Å². The van der Waals surface area contributed by atoms with Gasteiger partial charge in [-0.05, 0) is 50.8 Å². The van der Waals surface area contributed by atoms with Gasteiger partial charge in [-0.1, -0.05) is 25.3 Å². The smallest absolute Gasteiger partial charge is 0.252 e. The number of pyridine rings is 1. The van der Waals surface area contributed by atoms with Crippen molar-refractivity contribution in [3.63, 3.8) is 0 Å². The fourth-order valence-corrected chi connectivity index (χ4v) is 4.10. The van der Waals surface area contributed by atoms with Crippen molar-refractivity contribution in [1.29, 1.82) is 0 Å². The molecule has 1 saturated heterocycles. The van der Waals surface area contributed by atoms with Crippen LogP contribution in [0.15, 0.2) is 24.5 Å². The number of carbonyl (C=O) groups excluding carboxylic acids is 1. The Kier molecular flexibility index (Phi) is 7.61. The van der Waals surface area contributed by atoms with Gasteiger partial charge in [-0.2, -0.15) is 0 Å². The van der Waals surface area contributed by atoms with Crippen LogP contribution in [0.2, 0.25) is 0 Å². The third kappa shape index (κ3) is 6.26. The lowest BCUT2D eigenvalue weighted by atomic mass is 9.94. The van der Waals surface area contributed by atoms with Gasteiger partial charge >= 0.3 is 0 Å². The molecule has 1 aromatic rings. The van der Waals surface area contributed by atoms with Crippen LogP contribution in [0.5, 0.6) is 0 Å². The molecule has 1 aromatic heterocycles. The zero-order valence-corrected chi connectivity index (χ0v) is 16.3. The highest BCUT2D eigenvalue weighted by Crippen LogP contribution is 2.24. The van der Waals surface area contributed by atoms with E-state index in [9.17, 15) is 9.90 Å². The van der Waals surface area contributed by atoms with Gasteiger partial charge in [0, 0.05) is 31.5 Å². The Hall–Kier alpha value is -1.50. The highest BCUT2D eigenvalue weighted by atomic mass is 16.5. The van der Waals surface area contributed by atoms with Crippen LogP contribution in [0.3, 0.4) is 0 Å². The molecule has 150 valence electrons. The standard InChI is InChI=1S/C21H33N3O3/c1-24(15-16-6-5-12-22-14-16)13-11-18-9-10-19(25)20(27-18)21(26)23-17-7-3-2-4-8-17/h5-6,12,14,17-20,25H,2-4,7-11,13,15H2,1H3,(H,23,26)/t18-,19-,20-/m0/s1. The third-order valence-electron chi connectivity index (χ3n) is 5.69. The number of aliphatic hydroxyl groups excluding tert-OH is 1. The highest BCUT2D eigenvalue weighted by Gasteiger charge is 2.35. The summed E-state index contributed by atoms with van der Waals surface area (Å²) in [4.78, 5) is 19.0. The first-order chi connectivity index (χ1) is 13.1. The Morgan fingerprint density at radius 2 is 2.11 bits per heavy atom. The van der Waals surface area contributed by atoms with Crippen LogP contribution in [-0.2, 0) is 16.1 Å². The third-order valence-corrected chi connectivity index (χ3v) is 5.69. The maximum Gasteiger partial charge on any atom is 0.252 e. The molecule has 2 aliphatic rings. The van der Waals surface area contributed by atoms with Crippen LogP contribution in [0.25, 0.3) is 0 Å². The molecule has 1 aliphatic carbocycles. The van der Waals surface area contributed by atoms with E-state index in [1.54, 1.807) is 6.20 Å². The predicted molar refractivity (Wildman–Crippen MR) is 104 cm³/mol. The van der Waals surface area contributed by atoms with Crippen LogP contribution in [0.1, 0.15) is 56.9 Å². The SMILES string of the molecule is CN(CC[C@@H]1CC[C@H](O)[C@@H](C(=O)NC2CCCCC2)O1)Cc1cccnc1. The number of ether oxygens (including phenoxy) is 1. The lowest BCUT2D eigenvalue weighted by Gasteiger charge is -2.35. The zero-order valence-electron chi connectivity index (χ0n) is 16.3. The quantitative estimate of drug-likeness (QED) is 0.765. The second-order valence-corrected chi connectivity index (χ2v) is 8.05. The molecule has 1 amide bonds. The van der Waals surface area contributed by atoms with E-state index in [2.05, 4.69) is 28.3 Å². The molecule has 0 spiro atoms. The fourth-order valence-electron chi connectivity index (χ4n) is 4.10. The maximum atomic E-state index is 12.6. The van der Waals surface area contributed by atoms with E-state index in [1.807, 2.05) is 12.3 Å². The van der Waals surface area contributed by atoms with Gasteiger partial charge in [0.25, 0.3) is 5.91 Å². The van der Waals surface area contributed by atoms with Crippen LogP contribution in [0, 0.1) is 0 Å². The average Bonchev–Trinajstić information content (AvgIpc) is 2.69. The van der Waals surface area contributed by atoms with Crippen molar-refractivity contribution < 1.29 is 14.6 Å². The van der Waals surface area contributed by atoms with Gasteiger partial charge in [0.1, 0.15) is 0 Å². The van der Waals surface area contributed by atoms with Gasteiger partial charge in [0.2, 0.25) is 0 Å². The molecule has 3 atom stereocenters. The summed E-state index contributed by atoms with van der Waals surface area (Å²) in [6.45, 7) is 1.72. The molecule has 3 rings (SSSR count). The molecule has 2 fully saturated rings. The van der Waals surface area contributed by atoms with Gasteiger partial charge in [0.05, 0.1) is 12.2 Å². The summed E-state index contributed by atoms with van der Waals surface area (Å²) in [6.07, 6.45) is 10.2. The fraction of sp³-hybridized carbons (Fsp3) is 0.714. The normalized spacial score (nSPS) is 26.9. The lowest BCUT2D eigenvalue weighted by Crippen LogP contribution is -2.51. The summed E-state index contributed by atoms with van der Waals surface area (Å²) in [7, 11) is 2.08. The summed E-state index contributed by atoms with van der Waals surface area (Å²) in [6, 6.07) is 4.26. The van der Waals surface area contributed by atoms with Crippen molar-refractivity contribution in [2.24, 2.45) is 0 Å². The Morgan fingerprint density at radius 3 is 2.85 bits per heavy atom. The van der Waals surface area contributed by atoms with Crippen molar-refractivity contribution >= 4 is 5.91 Å². The number of nitrogens with one attached hydrogen (secondary N) is 1. The molecule has 6 heteroatoms. The number of nitrogens with zero attached hydrogens (tertiary/aromatic N) is 2. The number of hydrogen-bond acceptors (Lipinski definition) is 5. The zero-order chi connectivity index (χ0) is 19.1.